The molecule has 1 rings (SSSR count). The van der Waals surface area contributed by atoms with Gasteiger partial charge in [0.15, 0.2) is 0 Å². The minimum atomic E-state index is 0.591. The molecule has 0 unspecified atom stereocenters. The Hall–Kier alpha value is -0.540. The highest BCUT2D eigenvalue weighted by molar-refractivity contribution is 9.10. The standard InChI is InChI=1S/C14H22BrNO/c1-12(2)16-9-4-3-5-10-17-14-8-6-7-13(15)11-14/h6-8,11-12,16H,3-5,9-10H2,1-2H3. The van der Waals surface area contributed by atoms with Gasteiger partial charge in [-0.1, -0.05) is 35.8 Å². The van der Waals surface area contributed by atoms with E-state index < -0.39 is 0 Å². The van der Waals surface area contributed by atoms with Gasteiger partial charge in [0.2, 0.25) is 0 Å². The first-order valence-electron chi connectivity index (χ1n) is 6.30. The maximum Gasteiger partial charge on any atom is 0.120 e. The number of ether oxygens (including phenoxy) is 1. The summed E-state index contributed by atoms with van der Waals surface area (Å²) in [6, 6.07) is 8.58. The van der Waals surface area contributed by atoms with Crippen molar-refractivity contribution < 1.29 is 4.74 Å². The molecule has 0 amide bonds. The van der Waals surface area contributed by atoms with E-state index in [-0.39, 0.29) is 0 Å². The third kappa shape index (κ3) is 7.40. The van der Waals surface area contributed by atoms with Crippen LogP contribution in [0.25, 0.3) is 0 Å². The molecule has 2 nitrogen and oxygen atoms in total. The van der Waals surface area contributed by atoms with Gasteiger partial charge in [0, 0.05) is 10.5 Å². The highest BCUT2D eigenvalue weighted by Crippen LogP contribution is 2.17. The van der Waals surface area contributed by atoms with Crippen LogP contribution in [0.1, 0.15) is 33.1 Å². The SMILES string of the molecule is CC(C)NCCCCCOc1cccc(Br)c1. The predicted molar refractivity (Wildman–Crippen MR) is 76.6 cm³/mol. The summed E-state index contributed by atoms with van der Waals surface area (Å²) in [5.74, 6) is 0.944. The molecule has 1 N–H and O–H groups in total. The summed E-state index contributed by atoms with van der Waals surface area (Å²) in [5, 5.41) is 3.41. The summed E-state index contributed by atoms with van der Waals surface area (Å²) in [5.41, 5.74) is 0. The Balaban J connectivity index is 2.01. The van der Waals surface area contributed by atoms with E-state index in [4.69, 9.17) is 4.74 Å². The minimum Gasteiger partial charge on any atom is -0.494 e. The average Bonchev–Trinajstić information content (AvgIpc) is 2.27. The topological polar surface area (TPSA) is 21.3 Å². The van der Waals surface area contributed by atoms with E-state index in [1.165, 1.54) is 12.8 Å². The lowest BCUT2D eigenvalue weighted by atomic mass is 10.2. The Bertz CT molecular complexity index is 315. The van der Waals surface area contributed by atoms with Crippen LogP contribution in [-0.2, 0) is 0 Å². The van der Waals surface area contributed by atoms with Gasteiger partial charge >= 0.3 is 0 Å². The Morgan fingerprint density at radius 1 is 1.24 bits per heavy atom. The molecule has 1 aromatic rings. The zero-order valence-electron chi connectivity index (χ0n) is 10.7. The quantitative estimate of drug-likeness (QED) is 0.733. The molecule has 17 heavy (non-hydrogen) atoms. The zero-order valence-corrected chi connectivity index (χ0v) is 12.3. The molecule has 0 atom stereocenters. The summed E-state index contributed by atoms with van der Waals surface area (Å²) in [6.45, 7) is 6.26. The fourth-order valence-electron chi connectivity index (χ4n) is 1.54. The molecule has 0 bridgehead atoms. The second kappa shape index (κ2) is 8.54. The summed E-state index contributed by atoms with van der Waals surface area (Å²) in [7, 11) is 0. The lowest BCUT2D eigenvalue weighted by Crippen LogP contribution is -2.23. The monoisotopic (exact) mass is 299 g/mol. The van der Waals surface area contributed by atoms with E-state index in [0.29, 0.717) is 6.04 Å². The van der Waals surface area contributed by atoms with Gasteiger partial charge in [0.25, 0.3) is 0 Å². The van der Waals surface area contributed by atoms with Crippen LogP contribution in [0.4, 0.5) is 0 Å². The minimum absolute atomic E-state index is 0.591. The van der Waals surface area contributed by atoms with Gasteiger partial charge < -0.3 is 10.1 Å². The third-order valence-corrected chi connectivity index (χ3v) is 2.93. The van der Waals surface area contributed by atoms with Crippen LogP contribution in [0.5, 0.6) is 5.75 Å². The van der Waals surface area contributed by atoms with Crippen molar-refractivity contribution in [2.75, 3.05) is 13.2 Å². The molecule has 0 radical (unpaired) electrons. The summed E-state index contributed by atoms with van der Waals surface area (Å²) >= 11 is 3.43. The highest BCUT2D eigenvalue weighted by atomic mass is 79.9. The van der Waals surface area contributed by atoms with Crippen molar-refractivity contribution in [3.63, 3.8) is 0 Å². The van der Waals surface area contributed by atoms with Gasteiger partial charge in [-0.25, -0.2) is 0 Å². The molecule has 96 valence electrons. The molecule has 0 aliphatic rings. The fourth-order valence-corrected chi connectivity index (χ4v) is 1.92. The molecule has 0 aliphatic carbocycles. The molecule has 0 heterocycles. The second-order valence-electron chi connectivity index (χ2n) is 4.48. The second-order valence-corrected chi connectivity index (χ2v) is 5.39. The van der Waals surface area contributed by atoms with Crippen LogP contribution in [0.15, 0.2) is 28.7 Å². The number of hydrogen-bond donors (Lipinski definition) is 1. The highest BCUT2D eigenvalue weighted by Gasteiger charge is 1.95. The number of hydrogen-bond acceptors (Lipinski definition) is 2. The average molecular weight is 300 g/mol. The van der Waals surface area contributed by atoms with Crippen LogP contribution >= 0.6 is 15.9 Å². The van der Waals surface area contributed by atoms with Gasteiger partial charge in [0.1, 0.15) is 5.75 Å². The first-order chi connectivity index (χ1) is 8.18. The number of unbranched alkanes of at least 4 members (excludes halogenated alkanes) is 2. The summed E-state index contributed by atoms with van der Waals surface area (Å²) in [6.07, 6.45) is 3.56. The van der Waals surface area contributed by atoms with E-state index in [1.807, 2.05) is 24.3 Å². The molecule has 0 fully saturated rings. The zero-order chi connectivity index (χ0) is 12.5. The maximum atomic E-state index is 5.66. The molecule has 3 heteroatoms. The lowest BCUT2D eigenvalue weighted by Gasteiger charge is -2.08. The molecular weight excluding hydrogens is 278 g/mol. The van der Waals surface area contributed by atoms with Crippen LogP contribution < -0.4 is 10.1 Å². The number of rotatable bonds is 8. The number of halogens is 1. The Kier molecular flexibility index (Phi) is 7.29. The van der Waals surface area contributed by atoms with Gasteiger partial charge in [-0.2, -0.15) is 0 Å². The Labute approximate surface area is 113 Å². The van der Waals surface area contributed by atoms with Crippen LogP contribution in [0, 0.1) is 0 Å². The Morgan fingerprint density at radius 2 is 2.06 bits per heavy atom. The predicted octanol–water partition coefficient (Wildman–Crippen LogP) is 4.00. The van der Waals surface area contributed by atoms with E-state index in [9.17, 15) is 0 Å². The first kappa shape index (κ1) is 14.5. The fraction of sp³-hybridized carbons (Fsp3) is 0.571. The third-order valence-electron chi connectivity index (χ3n) is 2.44. The van der Waals surface area contributed by atoms with Gasteiger partial charge in [-0.05, 0) is 44.0 Å². The van der Waals surface area contributed by atoms with Crippen LogP contribution in [0.3, 0.4) is 0 Å². The lowest BCUT2D eigenvalue weighted by molar-refractivity contribution is 0.304. The smallest absolute Gasteiger partial charge is 0.120 e. The van der Waals surface area contributed by atoms with Crippen molar-refractivity contribution in [1.29, 1.82) is 0 Å². The number of nitrogens with one attached hydrogen (secondary N) is 1. The normalized spacial score (nSPS) is 10.8. The van der Waals surface area contributed by atoms with Gasteiger partial charge in [-0.3, -0.25) is 0 Å². The molecule has 0 saturated carbocycles. The molecule has 0 aliphatic heterocycles. The molecular formula is C14H22BrNO. The van der Waals surface area contributed by atoms with E-state index in [2.05, 4.69) is 35.1 Å². The van der Waals surface area contributed by atoms with Crippen molar-refractivity contribution in [1.82, 2.24) is 5.32 Å². The van der Waals surface area contributed by atoms with Crippen LogP contribution in [-0.4, -0.2) is 19.2 Å². The molecule has 0 saturated heterocycles. The van der Waals surface area contributed by atoms with E-state index in [1.54, 1.807) is 0 Å². The van der Waals surface area contributed by atoms with Crippen LogP contribution in [0.2, 0.25) is 0 Å². The molecule has 1 aromatic carbocycles. The van der Waals surface area contributed by atoms with Gasteiger partial charge in [-0.15, -0.1) is 0 Å². The van der Waals surface area contributed by atoms with E-state index >= 15 is 0 Å². The summed E-state index contributed by atoms with van der Waals surface area (Å²) in [4.78, 5) is 0. The van der Waals surface area contributed by atoms with Crippen molar-refractivity contribution in [3.05, 3.63) is 28.7 Å². The molecule has 0 aromatic heterocycles. The summed E-state index contributed by atoms with van der Waals surface area (Å²) < 4.78 is 6.73. The van der Waals surface area contributed by atoms with Crippen molar-refractivity contribution >= 4 is 15.9 Å². The maximum absolute atomic E-state index is 5.66. The van der Waals surface area contributed by atoms with Crippen molar-refractivity contribution in [3.8, 4) is 5.75 Å². The van der Waals surface area contributed by atoms with Crippen molar-refractivity contribution in [2.45, 2.75) is 39.2 Å². The number of benzene rings is 1. The molecule has 0 spiro atoms. The largest absolute Gasteiger partial charge is 0.494 e. The first-order valence-corrected chi connectivity index (χ1v) is 7.09. The van der Waals surface area contributed by atoms with E-state index in [0.717, 1.165) is 29.8 Å². The van der Waals surface area contributed by atoms with Crippen molar-refractivity contribution in [2.24, 2.45) is 0 Å². The Morgan fingerprint density at radius 3 is 2.76 bits per heavy atom. The van der Waals surface area contributed by atoms with Gasteiger partial charge in [0.05, 0.1) is 6.61 Å².